The lowest BCUT2D eigenvalue weighted by atomic mass is 9.90. The third-order valence-electron chi connectivity index (χ3n) is 3.91. The first-order valence-corrected chi connectivity index (χ1v) is 7.54. The van der Waals surface area contributed by atoms with Crippen molar-refractivity contribution in [2.75, 3.05) is 26.4 Å². The second-order valence-electron chi connectivity index (χ2n) is 5.46. The zero-order valence-electron chi connectivity index (χ0n) is 11.8. The maximum absolute atomic E-state index is 9.22. The van der Waals surface area contributed by atoms with Gasteiger partial charge in [0.2, 0.25) is 0 Å². The fourth-order valence-corrected chi connectivity index (χ4v) is 3.02. The van der Waals surface area contributed by atoms with Gasteiger partial charge in [-0.25, -0.2) is 4.98 Å². The molecule has 2 aliphatic rings. The topological polar surface area (TPSA) is 60.8 Å². The molecular weight excluding hydrogens is 294 g/mol. The van der Waals surface area contributed by atoms with Crippen LogP contribution in [-0.4, -0.2) is 42.6 Å². The largest absolute Gasteiger partial charge is 0.493 e. The zero-order valence-corrected chi connectivity index (χ0v) is 12.6. The Morgan fingerprint density at radius 2 is 2.38 bits per heavy atom. The van der Waals surface area contributed by atoms with E-state index in [9.17, 15) is 5.11 Å². The Morgan fingerprint density at radius 1 is 1.52 bits per heavy atom. The highest BCUT2D eigenvalue weighted by Crippen LogP contribution is 2.42. The Bertz CT molecular complexity index is 515. The third-order valence-corrected chi connectivity index (χ3v) is 4.10. The summed E-state index contributed by atoms with van der Waals surface area (Å²) in [5, 5.41) is 9.61. The zero-order chi connectivity index (χ0) is 14.9. The van der Waals surface area contributed by atoms with Crippen molar-refractivity contribution >= 4 is 11.6 Å². The van der Waals surface area contributed by atoms with Crippen LogP contribution in [0, 0.1) is 6.92 Å². The molecule has 3 rings (SSSR count). The molecule has 1 saturated heterocycles. The van der Waals surface area contributed by atoms with Crippen LogP contribution in [0.25, 0.3) is 0 Å². The van der Waals surface area contributed by atoms with Crippen LogP contribution in [0.15, 0.2) is 6.07 Å². The number of aliphatic hydroxyl groups excluding tert-OH is 1. The molecule has 0 amide bonds. The number of aromatic nitrogens is 1. The lowest BCUT2D eigenvalue weighted by Gasteiger charge is -2.34. The van der Waals surface area contributed by atoms with Gasteiger partial charge >= 0.3 is 0 Å². The van der Waals surface area contributed by atoms with E-state index in [1.54, 1.807) is 6.07 Å². The van der Waals surface area contributed by atoms with Gasteiger partial charge in [-0.2, -0.15) is 0 Å². The lowest BCUT2D eigenvalue weighted by Crippen LogP contribution is -2.37. The number of hydrogen-bond acceptors (Lipinski definition) is 5. The van der Waals surface area contributed by atoms with Gasteiger partial charge in [0.05, 0.1) is 31.6 Å². The molecule has 0 aliphatic carbocycles. The van der Waals surface area contributed by atoms with Crippen LogP contribution in [0.2, 0.25) is 5.15 Å². The van der Waals surface area contributed by atoms with Crippen molar-refractivity contribution in [1.82, 2.24) is 4.98 Å². The highest BCUT2D eigenvalue weighted by Gasteiger charge is 2.44. The van der Waals surface area contributed by atoms with Gasteiger partial charge in [0.25, 0.3) is 0 Å². The van der Waals surface area contributed by atoms with Crippen molar-refractivity contribution in [3.05, 3.63) is 29.4 Å². The maximum Gasteiger partial charge on any atom is 0.136 e. The number of fused-ring (bicyclic) bond motifs is 2. The van der Waals surface area contributed by atoms with Crippen LogP contribution >= 0.6 is 11.6 Å². The minimum atomic E-state index is -0.629. The highest BCUT2D eigenvalue weighted by molar-refractivity contribution is 6.29. The Morgan fingerprint density at radius 3 is 3.10 bits per heavy atom. The van der Waals surface area contributed by atoms with Crippen molar-refractivity contribution in [1.29, 1.82) is 0 Å². The lowest BCUT2D eigenvalue weighted by molar-refractivity contribution is -0.0670. The van der Waals surface area contributed by atoms with E-state index in [0.29, 0.717) is 38.0 Å². The minimum Gasteiger partial charge on any atom is -0.493 e. The van der Waals surface area contributed by atoms with Gasteiger partial charge in [-0.15, -0.1) is 0 Å². The number of hydrogen-bond donors (Lipinski definition) is 1. The summed E-state index contributed by atoms with van der Waals surface area (Å²) >= 11 is 6.14. The number of halogens is 1. The summed E-state index contributed by atoms with van der Waals surface area (Å²) in [6.45, 7) is 5.71. The minimum absolute atomic E-state index is 0.385. The van der Waals surface area contributed by atoms with Crippen molar-refractivity contribution in [3.8, 4) is 5.75 Å². The van der Waals surface area contributed by atoms with Gasteiger partial charge in [-0.05, 0) is 6.92 Å². The predicted molar refractivity (Wildman–Crippen MR) is 77.5 cm³/mol. The average Bonchev–Trinajstić information content (AvgIpc) is 2.89. The fourth-order valence-electron chi connectivity index (χ4n) is 2.83. The standard InChI is InChI=1S/C15H19ClNO4/c1-10(18)2-5-20-12-8-13(16)17-14-11(12)3-6-21-15(14)4-7-19-9-15/h8,10,18H,1-7,9H2/t10-,15?/m1/s1. The molecule has 2 aliphatic heterocycles. The van der Waals surface area contributed by atoms with E-state index in [4.69, 9.17) is 25.8 Å². The van der Waals surface area contributed by atoms with Crippen molar-refractivity contribution in [2.24, 2.45) is 0 Å². The van der Waals surface area contributed by atoms with Crippen LogP contribution in [-0.2, 0) is 21.5 Å². The number of aliphatic hydroxyl groups is 1. The molecular formula is C15H19ClNO4. The quantitative estimate of drug-likeness (QED) is 0.860. The molecule has 21 heavy (non-hydrogen) atoms. The van der Waals surface area contributed by atoms with Crippen LogP contribution in [0.1, 0.15) is 24.1 Å². The predicted octanol–water partition coefficient (Wildman–Crippen LogP) is 1.89. The maximum atomic E-state index is 9.22. The normalized spacial score (nSPS) is 25.9. The average molecular weight is 313 g/mol. The van der Waals surface area contributed by atoms with Crippen LogP contribution < -0.4 is 4.74 Å². The van der Waals surface area contributed by atoms with E-state index in [1.165, 1.54) is 0 Å². The number of pyridine rings is 1. The first-order valence-electron chi connectivity index (χ1n) is 7.16. The van der Waals surface area contributed by atoms with Gasteiger partial charge in [-0.1, -0.05) is 11.6 Å². The van der Waals surface area contributed by atoms with E-state index in [-0.39, 0.29) is 0 Å². The molecule has 5 nitrogen and oxygen atoms in total. The van der Waals surface area contributed by atoms with Gasteiger partial charge in [-0.3, -0.25) is 0 Å². The summed E-state index contributed by atoms with van der Waals surface area (Å²) in [6.07, 6.45) is 1.36. The van der Waals surface area contributed by atoms with Gasteiger partial charge < -0.3 is 19.3 Å². The molecule has 1 radical (unpaired) electrons. The smallest absolute Gasteiger partial charge is 0.136 e. The molecule has 115 valence electrons. The van der Waals surface area contributed by atoms with Gasteiger partial charge in [0, 0.05) is 37.5 Å². The second-order valence-corrected chi connectivity index (χ2v) is 5.84. The molecule has 2 atom stereocenters. The summed E-state index contributed by atoms with van der Waals surface area (Å²) in [7, 11) is 0. The van der Waals surface area contributed by atoms with Crippen LogP contribution in [0.5, 0.6) is 5.75 Å². The summed E-state index contributed by atoms with van der Waals surface area (Å²) in [6, 6.07) is 1.73. The fraction of sp³-hybridized carbons (Fsp3) is 0.600. The second kappa shape index (κ2) is 6.08. The molecule has 1 spiro atoms. The van der Waals surface area contributed by atoms with E-state index >= 15 is 0 Å². The summed E-state index contributed by atoms with van der Waals surface area (Å²) in [4.78, 5) is 4.47. The first kappa shape index (κ1) is 15.0. The molecule has 1 aromatic heterocycles. The number of nitrogens with zero attached hydrogens (tertiary/aromatic N) is 1. The van der Waals surface area contributed by atoms with Crippen molar-refractivity contribution in [2.45, 2.75) is 31.0 Å². The first-order chi connectivity index (χ1) is 10.1. The summed E-state index contributed by atoms with van der Waals surface area (Å²) in [5.74, 6) is 0.722. The molecule has 0 bridgehead atoms. The van der Waals surface area contributed by atoms with E-state index in [2.05, 4.69) is 11.9 Å². The Balaban J connectivity index is 1.90. The molecule has 1 aromatic rings. The third kappa shape index (κ3) is 3.01. The van der Waals surface area contributed by atoms with Gasteiger partial charge in [0.1, 0.15) is 16.5 Å². The Labute approximate surface area is 129 Å². The van der Waals surface area contributed by atoms with Crippen LogP contribution in [0.4, 0.5) is 0 Å². The number of ether oxygens (including phenoxy) is 3. The van der Waals surface area contributed by atoms with E-state index in [0.717, 1.165) is 29.8 Å². The Kier molecular flexibility index (Phi) is 4.36. The molecule has 3 heterocycles. The molecule has 1 fully saturated rings. The van der Waals surface area contributed by atoms with E-state index < -0.39 is 11.7 Å². The summed E-state index contributed by atoms with van der Waals surface area (Å²) < 4.78 is 17.2. The SMILES string of the molecule is [CH2][C@@H](O)CCOc1cc(Cl)nc2c1CCOC21CCOC1. The highest BCUT2D eigenvalue weighted by atomic mass is 35.5. The molecule has 0 aromatic carbocycles. The van der Waals surface area contributed by atoms with Crippen molar-refractivity contribution in [3.63, 3.8) is 0 Å². The molecule has 6 heteroatoms. The van der Waals surface area contributed by atoms with Crippen LogP contribution in [0.3, 0.4) is 0 Å². The molecule has 1 unspecified atom stereocenters. The van der Waals surface area contributed by atoms with Gasteiger partial charge in [0.15, 0.2) is 0 Å². The molecule has 0 saturated carbocycles. The molecule has 1 N–H and O–H groups in total. The summed E-state index contributed by atoms with van der Waals surface area (Å²) in [5.41, 5.74) is 1.39. The van der Waals surface area contributed by atoms with E-state index in [1.807, 2.05) is 0 Å². The monoisotopic (exact) mass is 312 g/mol. The van der Waals surface area contributed by atoms with Crippen molar-refractivity contribution < 1.29 is 19.3 Å². The number of rotatable bonds is 4. The Hall–Kier alpha value is -0.880.